The van der Waals surface area contributed by atoms with Crippen LogP contribution in [0, 0.1) is 0 Å². The highest BCUT2D eigenvalue weighted by atomic mass is 15.1. The van der Waals surface area contributed by atoms with Crippen molar-refractivity contribution in [2.24, 2.45) is 0 Å². The Bertz CT molecular complexity index is 299. The van der Waals surface area contributed by atoms with E-state index in [1.807, 2.05) is 0 Å². The van der Waals surface area contributed by atoms with E-state index >= 15 is 0 Å². The van der Waals surface area contributed by atoms with Crippen LogP contribution >= 0.6 is 0 Å². The quantitative estimate of drug-likeness (QED) is 0.132. The molecule has 0 saturated carbocycles. The maximum absolute atomic E-state index is 2.74. The topological polar surface area (TPSA) is 3.24 Å². The molecule has 0 aromatic heterocycles. The minimum Gasteiger partial charge on any atom is -0.301 e. The Morgan fingerprint density at radius 1 is 0.367 bits per heavy atom. The van der Waals surface area contributed by atoms with Crippen LogP contribution in [-0.4, -0.2) is 24.0 Å². The molecule has 0 aromatic rings. The van der Waals surface area contributed by atoms with Crippen LogP contribution in [0.5, 0.6) is 0 Å². The van der Waals surface area contributed by atoms with E-state index in [1.54, 1.807) is 0 Å². The minimum absolute atomic E-state index is 0.719. The average Bonchev–Trinajstić information content (AvgIpc) is 2.74. The van der Waals surface area contributed by atoms with Crippen LogP contribution in [0.4, 0.5) is 0 Å². The Hall–Kier alpha value is -0.0400. The lowest BCUT2D eigenvalue weighted by Crippen LogP contribution is -2.32. The summed E-state index contributed by atoms with van der Waals surface area (Å²) in [6.45, 7) is 12.0. The van der Waals surface area contributed by atoms with Crippen LogP contribution in [0.2, 0.25) is 0 Å². The molecule has 0 radical (unpaired) electrons. The van der Waals surface area contributed by atoms with Crippen LogP contribution < -0.4 is 0 Å². The highest BCUT2D eigenvalue weighted by Crippen LogP contribution is 2.14. The van der Waals surface area contributed by atoms with Crippen molar-refractivity contribution in [3.8, 4) is 0 Å². The standard InChI is InChI=1S/C29H61N/c1-5-7-9-11-13-15-17-18-20-22-24-26-28-30(29(3)4)27-25-23-21-19-16-14-12-10-8-6-2/h29H,5-28H2,1-4H3. The van der Waals surface area contributed by atoms with Crippen LogP contribution in [0.1, 0.15) is 169 Å². The normalized spacial score (nSPS) is 11.8. The second-order valence-electron chi connectivity index (χ2n) is 10.2. The van der Waals surface area contributed by atoms with E-state index in [-0.39, 0.29) is 0 Å². The highest BCUT2D eigenvalue weighted by molar-refractivity contribution is 4.63. The Labute approximate surface area is 193 Å². The lowest BCUT2D eigenvalue weighted by molar-refractivity contribution is 0.211. The maximum Gasteiger partial charge on any atom is 0.00385 e. The fraction of sp³-hybridized carbons (Fsp3) is 1.00. The molecular weight excluding hydrogens is 362 g/mol. The molecule has 0 aliphatic carbocycles. The Kier molecular flexibility index (Phi) is 25.2. The number of rotatable bonds is 25. The lowest BCUT2D eigenvalue weighted by atomic mass is 10.0. The van der Waals surface area contributed by atoms with E-state index in [0.29, 0.717) is 0 Å². The molecule has 0 aromatic carbocycles. The predicted molar refractivity (Wildman–Crippen MR) is 140 cm³/mol. The zero-order valence-corrected chi connectivity index (χ0v) is 22.0. The van der Waals surface area contributed by atoms with E-state index < -0.39 is 0 Å². The number of hydrogen-bond donors (Lipinski definition) is 0. The molecule has 0 atom stereocenters. The fourth-order valence-corrected chi connectivity index (χ4v) is 4.59. The summed E-state index contributed by atoms with van der Waals surface area (Å²) in [5.41, 5.74) is 0. The van der Waals surface area contributed by atoms with E-state index in [9.17, 15) is 0 Å². The lowest BCUT2D eigenvalue weighted by Gasteiger charge is -2.26. The summed E-state index contributed by atoms with van der Waals surface area (Å²) >= 11 is 0. The maximum atomic E-state index is 2.74. The monoisotopic (exact) mass is 423 g/mol. The van der Waals surface area contributed by atoms with Gasteiger partial charge in [-0.3, -0.25) is 0 Å². The smallest absolute Gasteiger partial charge is 0.00385 e. The van der Waals surface area contributed by atoms with Gasteiger partial charge in [0.05, 0.1) is 0 Å². The first-order chi connectivity index (χ1) is 14.7. The van der Waals surface area contributed by atoms with Crippen LogP contribution in [0.15, 0.2) is 0 Å². The fourth-order valence-electron chi connectivity index (χ4n) is 4.59. The van der Waals surface area contributed by atoms with Gasteiger partial charge in [-0.2, -0.15) is 0 Å². The molecule has 0 amide bonds. The predicted octanol–water partition coefficient (Wildman–Crippen LogP) is 10.3. The summed E-state index contributed by atoms with van der Waals surface area (Å²) in [6.07, 6.45) is 31.8. The summed E-state index contributed by atoms with van der Waals surface area (Å²) in [5.74, 6) is 0. The van der Waals surface area contributed by atoms with Crippen LogP contribution in [-0.2, 0) is 0 Å². The van der Waals surface area contributed by atoms with Gasteiger partial charge in [-0.05, 0) is 39.8 Å². The third-order valence-corrected chi connectivity index (χ3v) is 6.83. The summed E-state index contributed by atoms with van der Waals surface area (Å²) in [7, 11) is 0. The molecular formula is C29H61N. The van der Waals surface area contributed by atoms with Gasteiger partial charge in [0.2, 0.25) is 0 Å². The van der Waals surface area contributed by atoms with Crippen molar-refractivity contribution in [2.45, 2.75) is 175 Å². The third kappa shape index (κ3) is 22.6. The molecule has 0 aliphatic heterocycles. The zero-order chi connectivity index (χ0) is 22.1. The largest absolute Gasteiger partial charge is 0.301 e. The molecule has 0 fully saturated rings. The van der Waals surface area contributed by atoms with Gasteiger partial charge in [0, 0.05) is 6.04 Å². The molecule has 0 heterocycles. The van der Waals surface area contributed by atoms with Crippen molar-refractivity contribution >= 4 is 0 Å². The van der Waals surface area contributed by atoms with Crippen molar-refractivity contribution in [3.05, 3.63) is 0 Å². The molecule has 0 unspecified atom stereocenters. The first kappa shape index (κ1) is 30.0. The molecule has 30 heavy (non-hydrogen) atoms. The van der Waals surface area contributed by atoms with Gasteiger partial charge in [-0.25, -0.2) is 0 Å². The SMILES string of the molecule is CCCCCCCCCCCCCCN(CCCCCCCCCCCC)C(C)C. The van der Waals surface area contributed by atoms with Crippen molar-refractivity contribution in [3.63, 3.8) is 0 Å². The van der Waals surface area contributed by atoms with Crippen molar-refractivity contribution < 1.29 is 0 Å². The minimum atomic E-state index is 0.719. The average molecular weight is 424 g/mol. The van der Waals surface area contributed by atoms with Crippen molar-refractivity contribution in [1.82, 2.24) is 4.90 Å². The van der Waals surface area contributed by atoms with E-state index in [2.05, 4.69) is 32.6 Å². The van der Waals surface area contributed by atoms with Gasteiger partial charge in [0.1, 0.15) is 0 Å². The Morgan fingerprint density at radius 3 is 0.833 bits per heavy atom. The van der Waals surface area contributed by atoms with E-state index in [4.69, 9.17) is 0 Å². The van der Waals surface area contributed by atoms with Gasteiger partial charge in [-0.1, -0.05) is 142 Å². The number of unbranched alkanes of at least 4 members (excludes halogenated alkanes) is 20. The highest BCUT2D eigenvalue weighted by Gasteiger charge is 2.08. The summed E-state index contributed by atoms with van der Waals surface area (Å²) in [4.78, 5) is 2.74. The van der Waals surface area contributed by atoms with Gasteiger partial charge in [-0.15, -0.1) is 0 Å². The van der Waals surface area contributed by atoms with Gasteiger partial charge >= 0.3 is 0 Å². The van der Waals surface area contributed by atoms with Crippen LogP contribution in [0.25, 0.3) is 0 Å². The zero-order valence-electron chi connectivity index (χ0n) is 22.0. The second-order valence-corrected chi connectivity index (χ2v) is 10.2. The molecule has 0 spiro atoms. The summed E-state index contributed by atoms with van der Waals surface area (Å²) < 4.78 is 0. The van der Waals surface area contributed by atoms with Crippen molar-refractivity contribution in [2.75, 3.05) is 13.1 Å². The molecule has 1 heteroatoms. The summed E-state index contributed by atoms with van der Waals surface area (Å²) in [5, 5.41) is 0. The number of hydrogen-bond acceptors (Lipinski definition) is 1. The molecule has 182 valence electrons. The Balaban J connectivity index is 3.42. The second kappa shape index (κ2) is 25.2. The van der Waals surface area contributed by atoms with Gasteiger partial charge < -0.3 is 4.90 Å². The Morgan fingerprint density at radius 2 is 0.600 bits per heavy atom. The van der Waals surface area contributed by atoms with Gasteiger partial charge in [0.25, 0.3) is 0 Å². The van der Waals surface area contributed by atoms with E-state index in [0.717, 1.165) is 6.04 Å². The first-order valence-corrected chi connectivity index (χ1v) is 14.5. The van der Waals surface area contributed by atoms with E-state index in [1.165, 1.54) is 154 Å². The van der Waals surface area contributed by atoms with Crippen molar-refractivity contribution in [1.29, 1.82) is 0 Å². The van der Waals surface area contributed by atoms with Gasteiger partial charge in [0.15, 0.2) is 0 Å². The first-order valence-electron chi connectivity index (χ1n) is 14.5. The molecule has 0 aliphatic rings. The molecule has 0 N–H and O–H groups in total. The van der Waals surface area contributed by atoms with Crippen LogP contribution in [0.3, 0.4) is 0 Å². The summed E-state index contributed by atoms with van der Waals surface area (Å²) in [6, 6.07) is 0.719. The molecule has 0 saturated heterocycles. The molecule has 1 nitrogen and oxygen atoms in total. The third-order valence-electron chi connectivity index (χ3n) is 6.83. The number of nitrogens with zero attached hydrogens (tertiary/aromatic N) is 1. The molecule has 0 rings (SSSR count). The molecule has 0 bridgehead atoms.